The van der Waals surface area contributed by atoms with Crippen molar-refractivity contribution in [1.29, 1.82) is 0 Å². The SMILES string of the molecule is CCCNC(=O)CNC(=NC)N1CCN(S(=O)(=O)CCOC(C)C)CC1. The molecule has 0 aromatic carbocycles. The molecule has 10 heteroatoms. The number of nitrogens with zero attached hydrogens (tertiary/aromatic N) is 3. The van der Waals surface area contributed by atoms with Crippen molar-refractivity contribution < 1.29 is 17.9 Å². The lowest BCUT2D eigenvalue weighted by Gasteiger charge is -2.35. The monoisotopic (exact) mass is 391 g/mol. The van der Waals surface area contributed by atoms with E-state index in [9.17, 15) is 13.2 Å². The summed E-state index contributed by atoms with van der Waals surface area (Å²) in [5, 5.41) is 5.82. The van der Waals surface area contributed by atoms with Crippen molar-refractivity contribution in [2.75, 3.05) is 58.7 Å². The normalized spacial score (nSPS) is 16.8. The number of carbonyl (C=O) groups excluding carboxylic acids is 1. The van der Waals surface area contributed by atoms with E-state index in [1.165, 1.54) is 4.31 Å². The predicted molar refractivity (Wildman–Crippen MR) is 103 cm³/mol. The van der Waals surface area contributed by atoms with Gasteiger partial charge in [-0.3, -0.25) is 9.79 Å². The van der Waals surface area contributed by atoms with E-state index in [1.54, 1.807) is 7.05 Å². The van der Waals surface area contributed by atoms with Crippen LogP contribution in [-0.4, -0.2) is 94.3 Å². The number of rotatable bonds is 9. The zero-order valence-corrected chi connectivity index (χ0v) is 17.1. The van der Waals surface area contributed by atoms with Gasteiger partial charge in [0.05, 0.1) is 25.0 Å². The van der Waals surface area contributed by atoms with Crippen molar-refractivity contribution in [3.8, 4) is 0 Å². The molecule has 0 unspecified atom stereocenters. The van der Waals surface area contributed by atoms with Crippen LogP contribution in [0.1, 0.15) is 27.2 Å². The Hall–Kier alpha value is -1.39. The molecular weight excluding hydrogens is 358 g/mol. The van der Waals surface area contributed by atoms with Crippen LogP contribution in [0.15, 0.2) is 4.99 Å². The van der Waals surface area contributed by atoms with Gasteiger partial charge < -0.3 is 20.3 Å². The minimum Gasteiger partial charge on any atom is -0.378 e. The maximum Gasteiger partial charge on any atom is 0.239 e. The van der Waals surface area contributed by atoms with Crippen LogP contribution in [0.25, 0.3) is 0 Å². The van der Waals surface area contributed by atoms with Gasteiger partial charge in [0.15, 0.2) is 5.96 Å². The van der Waals surface area contributed by atoms with Crippen LogP contribution in [0.4, 0.5) is 0 Å². The van der Waals surface area contributed by atoms with Crippen LogP contribution >= 0.6 is 0 Å². The average Bonchev–Trinajstić information content (AvgIpc) is 2.60. The molecule has 1 saturated heterocycles. The van der Waals surface area contributed by atoms with E-state index in [2.05, 4.69) is 15.6 Å². The molecule has 0 saturated carbocycles. The number of sulfonamides is 1. The first-order valence-electron chi connectivity index (χ1n) is 9.11. The lowest BCUT2D eigenvalue weighted by molar-refractivity contribution is -0.120. The summed E-state index contributed by atoms with van der Waals surface area (Å²) in [6.45, 7) is 8.61. The van der Waals surface area contributed by atoms with Crippen molar-refractivity contribution in [3.63, 3.8) is 0 Å². The highest BCUT2D eigenvalue weighted by molar-refractivity contribution is 7.89. The molecule has 0 bridgehead atoms. The van der Waals surface area contributed by atoms with E-state index in [4.69, 9.17) is 4.74 Å². The summed E-state index contributed by atoms with van der Waals surface area (Å²) in [6.07, 6.45) is 0.907. The van der Waals surface area contributed by atoms with Crippen molar-refractivity contribution in [3.05, 3.63) is 0 Å². The summed E-state index contributed by atoms with van der Waals surface area (Å²) < 4.78 is 31.6. The summed E-state index contributed by atoms with van der Waals surface area (Å²) in [5.74, 6) is 0.520. The molecule has 1 heterocycles. The van der Waals surface area contributed by atoms with Gasteiger partial charge in [-0.05, 0) is 20.3 Å². The molecule has 152 valence electrons. The van der Waals surface area contributed by atoms with Gasteiger partial charge in [-0.1, -0.05) is 6.92 Å². The molecule has 0 aliphatic carbocycles. The molecule has 1 rings (SSSR count). The minimum atomic E-state index is -3.31. The summed E-state index contributed by atoms with van der Waals surface area (Å²) in [6, 6.07) is 0. The Labute approximate surface area is 157 Å². The molecular formula is C16H33N5O4S. The maximum absolute atomic E-state index is 12.4. The number of ether oxygens (including phenoxy) is 1. The smallest absolute Gasteiger partial charge is 0.239 e. The van der Waals surface area contributed by atoms with Crippen LogP contribution in [-0.2, 0) is 19.6 Å². The van der Waals surface area contributed by atoms with Gasteiger partial charge in [0.2, 0.25) is 15.9 Å². The summed E-state index contributed by atoms with van der Waals surface area (Å²) in [7, 11) is -1.66. The quantitative estimate of drug-likeness (QED) is 0.404. The van der Waals surface area contributed by atoms with Crippen molar-refractivity contribution in [1.82, 2.24) is 19.8 Å². The van der Waals surface area contributed by atoms with E-state index >= 15 is 0 Å². The van der Waals surface area contributed by atoms with Crippen molar-refractivity contribution in [2.45, 2.75) is 33.3 Å². The average molecular weight is 392 g/mol. The summed E-state index contributed by atoms with van der Waals surface area (Å²) >= 11 is 0. The van der Waals surface area contributed by atoms with Gasteiger partial charge in [-0.2, -0.15) is 4.31 Å². The minimum absolute atomic E-state index is 0.00421. The third-order valence-electron chi connectivity index (χ3n) is 3.92. The highest BCUT2D eigenvalue weighted by Crippen LogP contribution is 2.09. The van der Waals surface area contributed by atoms with Crippen molar-refractivity contribution >= 4 is 21.9 Å². The lowest BCUT2D eigenvalue weighted by atomic mass is 10.4. The molecule has 26 heavy (non-hydrogen) atoms. The van der Waals surface area contributed by atoms with Gasteiger partial charge in [-0.25, -0.2) is 8.42 Å². The number of piperazine rings is 1. The van der Waals surface area contributed by atoms with Gasteiger partial charge in [0.25, 0.3) is 0 Å². The molecule has 9 nitrogen and oxygen atoms in total. The largest absolute Gasteiger partial charge is 0.378 e. The second-order valence-electron chi connectivity index (χ2n) is 6.37. The Kier molecular flexibility index (Phi) is 9.89. The third kappa shape index (κ3) is 7.88. The molecule has 2 N–H and O–H groups in total. The Morgan fingerprint density at radius 3 is 2.38 bits per heavy atom. The molecule has 0 aromatic heterocycles. The van der Waals surface area contributed by atoms with Gasteiger partial charge in [0, 0.05) is 39.8 Å². The highest BCUT2D eigenvalue weighted by Gasteiger charge is 2.28. The Balaban J connectivity index is 2.44. The molecule has 0 radical (unpaired) electrons. The Morgan fingerprint density at radius 2 is 1.85 bits per heavy atom. The summed E-state index contributed by atoms with van der Waals surface area (Å²) in [5.41, 5.74) is 0. The van der Waals surface area contributed by atoms with E-state index in [0.29, 0.717) is 38.7 Å². The third-order valence-corrected chi connectivity index (χ3v) is 5.75. The first kappa shape index (κ1) is 22.7. The maximum atomic E-state index is 12.4. The van der Waals surface area contributed by atoms with E-state index < -0.39 is 10.0 Å². The van der Waals surface area contributed by atoms with Gasteiger partial charge >= 0.3 is 0 Å². The van der Waals surface area contributed by atoms with E-state index in [-0.39, 0.29) is 30.9 Å². The standard InChI is InChI=1S/C16H33N5O4S/c1-5-6-18-15(22)13-19-16(17-4)20-7-9-21(10-8-20)26(23,24)12-11-25-14(2)3/h14H,5-13H2,1-4H3,(H,17,19)(H,18,22). The molecule has 1 fully saturated rings. The molecule has 0 atom stereocenters. The number of carbonyl (C=O) groups is 1. The molecule has 1 aliphatic rings. The zero-order valence-electron chi connectivity index (χ0n) is 16.3. The number of hydrogen-bond acceptors (Lipinski definition) is 5. The van der Waals surface area contributed by atoms with Gasteiger partial charge in [0.1, 0.15) is 0 Å². The highest BCUT2D eigenvalue weighted by atomic mass is 32.2. The topological polar surface area (TPSA) is 103 Å². The van der Waals surface area contributed by atoms with Gasteiger partial charge in [-0.15, -0.1) is 0 Å². The zero-order chi connectivity index (χ0) is 19.6. The fourth-order valence-electron chi connectivity index (χ4n) is 2.51. The number of hydrogen-bond donors (Lipinski definition) is 2. The fraction of sp³-hybridized carbons (Fsp3) is 0.875. The first-order chi connectivity index (χ1) is 12.3. The molecule has 1 aliphatic heterocycles. The van der Waals surface area contributed by atoms with Crippen LogP contribution in [0.3, 0.4) is 0 Å². The molecule has 0 aromatic rings. The lowest BCUT2D eigenvalue weighted by Crippen LogP contribution is -2.55. The predicted octanol–water partition coefficient (Wildman–Crippen LogP) is -0.540. The molecule has 1 amide bonds. The number of guanidine groups is 1. The first-order valence-corrected chi connectivity index (χ1v) is 10.7. The van der Waals surface area contributed by atoms with E-state index in [1.807, 2.05) is 25.7 Å². The van der Waals surface area contributed by atoms with Crippen LogP contribution < -0.4 is 10.6 Å². The van der Waals surface area contributed by atoms with Crippen LogP contribution in [0.2, 0.25) is 0 Å². The van der Waals surface area contributed by atoms with Crippen LogP contribution in [0.5, 0.6) is 0 Å². The second-order valence-corrected chi connectivity index (χ2v) is 8.46. The number of aliphatic imine (C=N–C) groups is 1. The summed E-state index contributed by atoms with van der Waals surface area (Å²) in [4.78, 5) is 17.8. The Bertz CT molecular complexity index is 557. The van der Waals surface area contributed by atoms with Crippen LogP contribution in [0, 0.1) is 0 Å². The Morgan fingerprint density at radius 1 is 1.19 bits per heavy atom. The van der Waals surface area contributed by atoms with Crippen molar-refractivity contribution in [2.24, 2.45) is 4.99 Å². The number of amides is 1. The fourth-order valence-corrected chi connectivity index (χ4v) is 3.80. The number of nitrogens with one attached hydrogen (secondary N) is 2. The second kappa shape index (κ2) is 11.3. The molecule has 0 spiro atoms. The van der Waals surface area contributed by atoms with E-state index in [0.717, 1.165) is 6.42 Å².